The van der Waals surface area contributed by atoms with Crippen molar-refractivity contribution in [3.63, 3.8) is 0 Å². The Morgan fingerprint density at radius 1 is 0.794 bits per heavy atom. The van der Waals surface area contributed by atoms with Crippen LogP contribution in [0.4, 0.5) is 0 Å². The Morgan fingerprint density at radius 3 is 1.76 bits per heavy atom. The van der Waals surface area contributed by atoms with Crippen LogP contribution in [0.2, 0.25) is 0 Å². The topological polar surface area (TPSA) is 0 Å². The van der Waals surface area contributed by atoms with Gasteiger partial charge in [0.2, 0.25) is 0 Å². The summed E-state index contributed by atoms with van der Waals surface area (Å²) in [6.07, 6.45) is 12.8. The van der Waals surface area contributed by atoms with E-state index in [-0.39, 0.29) is 30.2 Å². The number of hydrogen-bond acceptors (Lipinski definition) is 0. The van der Waals surface area contributed by atoms with E-state index in [2.05, 4.69) is 107 Å². The summed E-state index contributed by atoms with van der Waals surface area (Å²) in [5.74, 6) is 0. The largest absolute Gasteiger partial charge is 1.00 e. The summed E-state index contributed by atoms with van der Waals surface area (Å²) in [5.41, 5.74) is 9.72. The fourth-order valence-electron chi connectivity index (χ4n) is 5.77. The van der Waals surface area contributed by atoms with Gasteiger partial charge in [-0.2, -0.15) is 0 Å². The van der Waals surface area contributed by atoms with E-state index >= 15 is 0 Å². The number of allylic oxidation sites excluding steroid dienone is 8. The van der Waals surface area contributed by atoms with Gasteiger partial charge in [-0.05, 0) is 0 Å². The van der Waals surface area contributed by atoms with Crippen LogP contribution in [0.1, 0.15) is 70.9 Å². The zero-order valence-electron chi connectivity index (χ0n) is 20.8. The van der Waals surface area contributed by atoms with Crippen LogP contribution >= 0.6 is 0 Å². The Hall–Kier alpha value is -1.27. The minimum Gasteiger partial charge on any atom is -1.00 e. The molecule has 0 radical (unpaired) electrons. The first kappa shape index (κ1) is 29.0. The number of benzene rings is 2. The average molecular weight is 570 g/mol. The van der Waals surface area contributed by atoms with Crippen molar-refractivity contribution >= 4 is 3.21 Å². The molecule has 0 atom stereocenters. The van der Waals surface area contributed by atoms with Crippen LogP contribution < -0.4 is 24.8 Å². The van der Waals surface area contributed by atoms with Crippen molar-refractivity contribution < 1.29 is 47.6 Å². The van der Waals surface area contributed by atoms with E-state index in [0.29, 0.717) is 0 Å². The molecule has 34 heavy (non-hydrogen) atoms. The van der Waals surface area contributed by atoms with Gasteiger partial charge in [-0.1, -0.05) is 0 Å². The monoisotopic (exact) mass is 567 g/mol. The van der Waals surface area contributed by atoms with Crippen LogP contribution in [-0.2, 0) is 22.8 Å². The third kappa shape index (κ3) is 5.28. The summed E-state index contributed by atoms with van der Waals surface area (Å²) in [7, 11) is 0. The van der Waals surface area contributed by atoms with Gasteiger partial charge in [0.05, 0.1) is 0 Å². The van der Waals surface area contributed by atoms with Crippen molar-refractivity contribution in [3.05, 3.63) is 116 Å². The molecule has 0 saturated carbocycles. The van der Waals surface area contributed by atoms with Crippen LogP contribution in [0.3, 0.4) is 0 Å². The molecule has 0 heterocycles. The Bertz CT molecular complexity index is 1070. The summed E-state index contributed by atoms with van der Waals surface area (Å²) in [6, 6.07) is 22.4. The summed E-state index contributed by atoms with van der Waals surface area (Å²) in [4.78, 5) is 0. The van der Waals surface area contributed by atoms with E-state index in [4.69, 9.17) is 0 Å². The number of halogens is 2. The molecule has 177 valence electrons. The summed E-state index contributed by atoms with van der Waals surface area (Å²) in [6.45, 7) is 9.62. The smallest absolute Gasteiger partial charge is 1.00 e. The van der Waals surface area contributed by atoms with Gasteiger partial charge >= 0.3 is 207 Å². The third-order valence-corrected chi connectivity index (χ3v) is 11.8. The van der Waals surface area contributed by atoms with Gasteiger partial charge in [0.15, 0.2) is 0 Å². The predicted octanol–water partition coefficient (Wildman–Crippen LogP) is 2.42. The SMILES string of the molecule is CCC1=C(CC)C(CC)(CC)[C]([Zr+2]=[C](c2ccccc2)c2ccccc2)=C1C1=CC=CC1.[Cl-].[Cl-]. The van der Waals surface area contributed by atoms with Crippen molar-refractivity contribution in [1.29, 1.82) is 0 Å². The van der Waals surface area contributed by atoms with Crippen molar-refractivity contribution in [2.75, 3.05) is 0 Å². The zero-order valence-corrected chi connectivity index (χ0v) is 24.8. The van der Waals surface area contributed by atoms with Gasteiger partial charge in [-0.3, -0.25) is 0 Å². The molecule has 2 aromatic carbocycles. The Morgan fingerprint density at radius 2 is 1.35 bits per heavy atom. The van der Waals surface area contributed by atoms with E-state index in [1.165, 1.54) is 30.4 Å². The maximum Gasteiger partial charge on any atom is -1.00 e. The third-order valence-electron chi connectivity index (χ3n) is 7.35. The molecule has 3 heteroatoms. The first-order chi connectivity index (χ1) is 15.7. The van der Waals surface area contributed by atoms with E-state index in [1.54, 1.807) is 25.5 Å². The molecule has 0 unspecified atom stereocenters. The molecule has 0 N–H and O–H groups in total. The van der Waals surface area contributed by atoms with Crippen molar-refractivity contribution in [2.24, 2.45) is 5.41 Å². The molecule has 2 aromatic rings. The molecular weight excluding hydrogens is 534 g/mol. The van der Waals surface area contributed by atoms with E-state index < -0.39 is 22.8 Å². The molecule has 2 aliphatic rings. The molecule has 4 rings (SSSR count). The average Bonchev–Trinajstić information content (AvgIpc) is 3.47. The van der Waals surface area contributed by atoms with Crippen LogP contribution in [0, 0.1) is 5.41 Å². The minimum atomic E-state index is -1.08. The van der Waals surface area contributed by atoms with Gasteiger partial charge in [0, 0.05) is 0 Å². The van der Waals surface area contributed by atoms with Gasteiger partial charge < -0.3 is 24.8 Å². The molecule has 0 aliphatic heterocycles. The first-order valence-corrected chi connectivity index (χ1v) is 14.7. The van der Waals surface area contributed by atoms with Crippen LogP contribution in [0.5, 0.6) is 0 Å². The number of rotatable bonds is 8. The Kier molecular flexibility index (Phi) is 11.2. The summed E-state index contributed by atoms with van der Waals surface area (Å²) in [5, 5.41) is 0. The van der Waals surface area contributed by atoms with Crippen LogP contribution in [0.25, 0.3) is 0 Å². The Balaban J connectivity index is 0.00000204. The molecule has 0 spiro atoms. The van der Waals surface area contributed by atoms with Crippen molar-refractivity contribution in [3.8, 4) is 0 Å². The second-order valence-corrected chi connectivity index (χ2v) is 11.8. The van der Waals surface area contributed by atoms with Crippen LogP contribution in [0.15, 0.2) is 104 Å². The maximum absolute atomic E-state index is 2.43. The van der Waals surface area contributed by atoms with E-state index in [1.807, 2.05) is 3.28 Å². The zero-order chi connectivity index (χ0) is 22.6. The summed E-state index contributed by atoms with van der Waals surface area (Å²) < 4.78 is 3.45. The molecule has 0 aromatic heterocycles. The summed E-state index contributed by atoms with van der Waals surface area (Å²) >= 11 is -1.08. The van der Waals surface area contributed by atoms with Gasteiger partial charge in [-0.15, -0.1) is 0 Å². The molecule has 0 saturated heterocycles. The fourth-order valence-corrected chi connectivity index (χ4v) is 10.8. The molecule has 0 bridgehead atoms. The normalized spacial score (nSPS) is 16.1. The van der Waals surface area contributed by atoms with Crippen LogP contribution in [-0.4, -0.2) is 3.21 Å². The quantitative estimate of drug-likeness (QED) is 0.458. The van der Waals surface area contributed by atoms with Gasteiger partial charge in [0.1, 0.15) is 0 Å². The maximum atomic E-state index is 2.43. The van der Waals surface area contributed by atoms with Gasteiger partial charge in [-0.25, -0.2) is 0 Å². The second-order valence-electron chi connectivity index (χ2n) is 8.76. The minimum absolute atomic E-state index is 0. The predicted molar refractivity (Wildman–Crippen MR) is 136 cm³/mol. The standard InChI is InChI=1S/C18H25.C13H10.2ClH.Zr/c1-5-15-16(14-11-9-10-12-14)13-18(7-3,8-4)17(15)6-2;1-3-7-12(8-4-1)11-13-9-5-2-6-10-13;;;/h9-11H,5-8,12H2,1-4H3;1-10H;2*1H;/q;;;;+2/p-2. The molecule has 0 nitrogen and oxygen atoms in total. The van der Waals surface area contributed by atoms with E-state index in [9.17, 15) is 0 Å². The Labute approximate surface area is 230 Å². The van der Waals surface area contributed by atoms with Crippen molar-refractivity contribution in [2.45, 2.75) is 59.8 Å². The molecule has 0 fully saturated rings. The van der Waals surface area contributed by atoms with E-state index in [0.717, 1.165) is 12.8 Å². The van der Waals surface area contributed by atoms with Crippen molar-refractivity contribution in [1.82, 2.24) is 0 Å². The molecule has 2 aliphatic carbocycles. The number of hydrogen-bond donors (Lipinski definition) is 0. The van der Waals surface area contributed by atoms with Gasteiger partial charge in [0.25, 0.3) is 0 Å². The first-order valence-electron chi connectivity index (χ1n) is 12.3. The fraction of sp³-hybridized carbons (Fsp3) is 0.323. The molecule has 0 amide bonds. The molecular formula is C31H35Cl2Zr. The second kappa shape index (κ2) is 13.2.